The summed E-state index contributed by atoms with van der Waals surface area (Å²) in [7, 11) is 0. The number of carbonyl (C=O) groups is 1. The molecular weight excluding hydrogens is 263 g/mol. The van der Waals surface area contributed by atoms with Gasteiger partial charge in [0.15, 0.2) is 11.6 Å². The number of rotatable bonds is 2. The van der Waals surface area contributed by atoms with Crippen LogP contribution in [-0.2, 0) is 0 Å². The third-order valence-electron chi connectivity index (χ3n) is 4.20. The normalized spacial score (nSPS) is 28.6. The molecule has 0 aliphatic carbocycles. The third-order valence-corrected chi connectivity index (χ3v) is 4.20. The number of piperidine rings is 1. The highest BCUT2D eigenvalue weighted by atomic mass is 19.1. The maximum Gasteiger partial charge on any atom is 0.257 e. The van der Waals surface area contributed by atoms with Crippen molar-refractivity contribution >= 4 is 11.7 Å². The number of aliphatic hydroxyl groups excluding tert-OH is 1. The number of aromatic nitrogens is 1. The molecule has 6 nitrogen and oxygen atoms in total. The fraction of sp³-hybridized carbons (Fsp3) is 0.538. The molecule has 3 rings (SSSR count). The summed E-state index contributed by atoms with van der Waals surface area (Å²) in [6.45, 7) is 0. The van der Waals surface area contributed by atoms with Gasteiger partial charge >= 0.3 is 0 Å². The molecule has 2 aliphatic heterocycles. The topological polar surface area (TPSA) is 91.5 Å². The van der Waals surface area contributed by atoms with Gasteiger partial charge in [-0.1, -0.05) is 0 Å². The number of hydrogen-bond donors (Lipinski definition) is 3. The van der Waals surface area contributed by atoms with Gasteiger partial charge in [-0.05, 0) is 31.7 Å². The molecule has 1 amide bonds. The lowest BCUT2D eigenvalue weighted by atomic mass is 9.99. The molecule has 7 heteroatoms. The van der Waals surface area contributed by atoms with Crippen LogP contribution in [0.25, 0.3) is 0 Å². The minimum atomic E-state index is -0.731. The lowest BCUT2D eigenvalue weighted by Crippen LogP contribution is -2.48. The first kappa shape index (κ1) is 13.3. The molecule has 2 atom stereocenters. The van der Waals surface area contributed by atoms with E-state index >= 15 is 0 Å². The lowest BCUT2D eigenvalue weighted by molar-refractivity contribution is 0.0283. The summed E-state index contributed by atoms with van der Waals surface area (Å²) in [6, 6.07) is 1.36. The molecular formula is C13H17FN4O2. The molecule has 2 aliphatic rings. The lowest BCUT2D eigenvalue weighted by Gasteiger charge is -2.37. The highest BCUT2D eigenvalue weighted by Gasteiger charge is 2.43. The van der Waals surface area contributed by atoms with Crippen LogP contribution >= 0.6 is 0 Å². The average molecular weight is 280 g/mol. The number of halogens is 1. The van der Waals surface area contributed by atoms with Gasteiger partial charge in [-0.25, -0.2) is 15.2 Å². The van der Waals surface area contributed by atoms with Crippen molar-refractivity contribution in [2.75, 3.05) is 5.43 Å². The molecule has 2 fully saturated rings. The second kappa shape index (κ2) is 4.99. The van der Waals surface area contributed by atoms with Gasteiger partial charge in [0.25, 0.3) is 5.91 Å². The number of nitrogen functional groups attached to an aromatic ring is 1. The summed E-state index contributed by atoms with van der Waals surface area (Å²) >= 11 is 0. The highest BCUT2D eigenvalue weighted by Crippen LogP contribution is 2.37. The van der Waals surface area contributed by atoms with Crippen molar-refractivity contribution in [2.24, 2.45) is 5.84 Å². The zero-order valence-corrected chi connectivity index (χ0v) is 10.9. The van der Waals surface area contributed by atoms with Crippen molar-refractivity contribution in [3.63, 3.8) is 0 Å². The fourth-order valence-electron chi connectivity index (χ4n) is 3.33. The molecule has 0 aromatic carbocycles. The Balaban J connectivity index is 1.90. The van der Waals surface area contributed by atoms with Crippen LogP contribution in [0.1, 0.15) is 36.0 Å². The zero-order valence-electron chi connectivity index (χ0n) is 10.9. The van der Waals surface area contributed by atoms with Gasteiger partial charge in [-0.15, -0.1) is 0 Å². The number of nitrogens with two attached hydrogens (primary N) is 1. The number of hydrogen-bond acceptors (Lipinski definition) is 5. The van der Waals surface area contributed by atoms with E-state index in [-0.39, 0.29) is 35.5 Å². The smallest absolute Gasteiger partial charge is 0.257 e. The molecule has 2 saturated heterocycles. The van der Waals surface area contributed by atoms with Gasteiger partial charge in [0, 0.05) is 18.3 Å². The molecule has 1 aromatic heterocycles. The van der Waals surface area contributed by atoms with Gasteiger partial charge in [0.05, 0.1) is 11.7 Å². The van der Waals surface area contributed by atoms with E-state index in [1.54, 1.807) is 4.90 Å². The summed E-state index contributed by atoms with van der Waals surface area (Å²) in [4.78, 5) is 18.0. The summed E-state index contributed by atoms with van der Waals surface area (Å²) in [5.74, 6) is 3.96. The van der Waals surface area contributed by atoms with E-state index in [0.29, 0.717) is 12.8 Å². The van der Waals surface area contributed by atoms with Crippen molar-refractivity contribution in [3.8, 4) is 0 Å². The first-order valence-corrected chi connectivity index (χ1v) is 6.73. The van der Waals surface area contributed by atoms with E-state index in [4.69, 9.17) is 5.84 Å². The van der Waals surface area contributed by atoms with Crippen molar-refractivity contribution < 1.29 is 14.3 Å². The number of anilines is 1. The minimum absolute atomic E-state index is 0.00176. The molecule has 20 heavy (non-hydrogen) atoms. The molecule has 0 radical (unpaired) electrons. The van der Waals surface area contributed by atoms with Crippen LogP contribution in [0.3, 0.4) is 0 Å². The van der Waals surface area contributed by atoms with Gasteiger partial charge < -0.3 is 15.4 Å². The van der Waals surface area contributed by atoms with Gasteiger partial charge in [-0.3, -0.25) is 4.79 Å². The second-order valence-electron chi connectivity index (χ2n) is 5.39. The average Bonchev–Trinajstić information content (AvgIpc) is 2.70. The van der Waals surface area contributed by atoms with Gasteiger partial charge in [0.2, 0.25) is 0 Å². The van der Waals surface area contributed by atoms with Gasteiger partial charge in [0.1, 0.15) is 0 Å². The van der Waals surface area contributed by atoms with E-state index in [1.165, 1.54) is 12.3 Å². The maximum absolute atomic E-state index is 14.1. The van der Waals surface area contributed by atoms with Crippen molar-refractivity contribution in [1.29, 1.82) is 0 Å². The largest absolute Gasteiger partial charge is 0.393 e. The SMILES string of the molecule is NNc1nccc(C(=O)N2C3CCC2CC(O)C3)c1F. The van der Waals surface area contributed by atoms with Crippen LogP contribution < -0.4 is 11.3 Å². The summed E-state index contributed by atoms with van der Waals surface area (Å²) in [5.41, 5.74) is 2.12. The highest BCUT2D eigenvalue weighted by molar-refractivity contribution is 5.95. The number of hydrazine groups is 1. The first-order valence-electron chi connectivity index (χ1n) is 6.73. The molecule has 3 heterocycles. The van der Waals surface area contributed by atoms with Crippen LogP contribution in [0.4, 0.5) is 10.2 Å². The van der Waals surface area contributed by atoms with Crippen molar-refractivity contribution in [3.05, 3.63) is 23.6 Å². The third kappa shape index (κ3) is 2.03. The number of pyridine rings is 1. The molecule has 108 valence electrons. The molecule has 2 unspecified atom stereocenters. The zero-order chi connectivity index (χ0) is 14.3. The monoisotopic (exact) mass is 280 g/mol. The van der Waals surface area contributed by atoms with E-state index in [1.807, 2.05) is 0 Å². The fourth-order valence-corrected chi connectivity index (χ4v) is 3.33. The van der Waals surface area contributed by atoms with Crippen LogP contribution in [-0.4, -0.2) is 39.1 Å². The van der Waals surface area contributed by atoms with Crippen LogP contribution in [0.5, 0.6) is 0 Å². The summed E-state index contributed by atoms with van der Waals surface area (Å²) in [6.07, 6.45) is 3.85. The maximum atomic E-state index is 14.1. The van der Waals surface area contributed by atoms with Gasteiger partial charge in [-0.2, -0.15) is 0 Å². The predicted molar refractivity (Wildman–Crippen MR) is 70.2 cm³/mol. The first-order chi connectivity index (χ1) is 9.61. The molecule has 0 spiro atoms. The quantitative estimate of drug-likeness (QED) is 0.546. The van der Waals surface area contributed by atoms with Crippen LogP contribution in [0.2, 0.25) is 0 Å². The Kier molecular flexibility index (Phi) is 3.31. The van der Waals surface area contributed by atoms with E-state index in [0.717, 1.165) is 12.8 Å². The number of carbonyl (C=O) groups excluding carboxylic acids is 1. The predicted octanol–water partition coefficient (Wildman–Crippen LogP) is 0.634. The Morgan fingerprint density at radius 2 is 2.10 bits per heavy atom. The number of aliphatic hydroxyl groups is 1. The Hall–Kier alpha value is -1.73. The standard InChI is InChI=1S/C13H17FN4O2/c14-11-10(3-4-16-12(11)17-15)13(20)18-7-1-2-8(18)6-9(19)5-7/h3-4,7-9,19H,1-2,5-6,15H2,(H,16,17). The molecule has 4 N–H and O–H groups in total. The Morgan fingerprint density at radius 3 is 2.70 bits per heavy atom. The number of nitrogens with zero attached hydrogens (tertiary/aromatic N) is 2. The minimum Gasteiger partial charge on any atom is -0.393 e. The van der Waals surface area contributed by atoms with Crippen molar-refractivity contribution in [2.45, 2.75) is 43.9 Å². The van der Waals surface area contributed by atoms with E-state index in [9.17, 15) is 14.3 Å². The Bertz CT molecular complexity index is 525. The Labute approximate surface area is 115 Å². The second-order valence-corrected chi connectivity index (χ2v) is 5.39. The number of amides is 1. The van der Waals surface area contributed by atoms with E-state index < -0.39 is 5.82 Å². The molecule has 0 saturated carbocycles. The summed E-state index contributed by atoms with van der Waals surface area (Å²) < 4.78 is 14.1. The van der Waals surface area contributed by atoms with Crippen LogP contribution in [0, 0.1) is 5.82 Å². The Morgan fingerprint density at radius 1 is 1.45 bits per heavy atom. The van der Waals surface area contributed by atoms with E-state index in [2.05, 4.69) is 10.4 Å². The summed E-state index contributed by atoms with van der Waals surface area (Å²) in [5, 5.41) is 9.75. The molecule has 2 bridgehead atoms. The number of nitrogens with one attached hydrogen (secondary N) is 1. The molecule has 1 aromatic rings. The number of fused-ring (bicyclic) bond motifs is 2. The van der Waals surface area contributed by atoms with Crippen LogP contribution in [0.15, 0.2) is 12.3 Å². The van der Waals surface area contributed by atoms with Crippen molar-refractivity contribution in [1.82, 2.24) is 9.88 Å².